The van der Waals surface area contributed by atoms with Gasteiger partial charge in [-0.25, -0.2) is 9.13 Å². The summed E-state index contributed by atoms with van der Waals surface area (Å²) in [5, 5.41) is 41.3. The maximum absolute atomic E-state index is 13.0. The van der Waals surface area contributed by atoms with E-state index in [0.29, 0.717) is 12.8 Å². The monoisotopic (exact) mass is 1010 g/mol. The Bertz CT molecular complexity index is 1560. The zero-order valence-electron chi connectivity index (χ0n) is 40.8. The van der Waals surface area contributed by atoms with Gasteiger partial charge in [0.2, 0.25) is 0 Å². The largest absolute Gasteiger partial charge is 0.472 e. The predicted octanol–water partition coefficient (Wildman–Crippen LogP) is 9.25. The molecule has 1 fully saturated rings. The summed E-state index contributed by atoms with van der Waals surface area (Å²) in [4.78, 5) is 66.7. The van der Waals surface area contributed by atoms with Gasteiger partial charge in [-0.15, -0.1) is 0 Å². The van der Waals surface area contributed by atoms with Crippen LogP contribution in [-0.4, -0.2) is 109 Å². The van der Waals surface area contributed by atoms with E-state index in [9.17, 15) is 58.6 Å². The van der Waals surface area contributed by atoms with Crippen molar-refractivity contribution in [2.75, 3.05) is 13.2 Å². The first-order valence-electron chi connectivity index (χ1n) is 25.1. The second kappa shape index (κ2) is 39.3. The van der Waals surface area contributed by atoms with Crippen molar-refractivity contribution in [3.05, 3.63) is 48.6 Å². The fourth-order valence-corrected chi connectivity index (χ4v) is 8.99. The number of carbonyl (C=O) groups is 3. The molecule has 0 bridgehead atoms. The third-order valence-electron chi connectivity index (χ3n) is 11.4. The number of ketones is 1. The SMILES string of the molecule is CCCCC/C=C\C/C=C\C/C=C\C=C\C(=O)CCCC(=O)O[C@H](COC(=O)CCCCCCCCCCCCCCCCCCC)COP(=O)(O)O[C@H]1C(O)C(O)C(O)[C@@H](OP(=O)(O)O)C1O. The van der Waals surface area contributed by atoms with Gasteiger partial charge in [0.05, 0.1) is 6.61 Å². The van der Waals surface area contributed by atoms with E-state index in [1.807, 2.05) is 12.2 Å². The van der Waals surface area contributed by atoms with Crippen LogP contribution in [0.1, 0.15) is 187 Å². The van der Waals surface area contributed by atoms with Crippen LogP contribution in [0.15, 0.2) is 48.6 Å². The number of phosphoric acid groups is 2. The number of carbonyl (C=O) groups excluding carboxylic acids is 3. The summed E-state index contributed by atoms with van der Waals surface area (Å²) >= 11 is 0. The fourth-order valence-electron chi connectivity index (χ4n) is 7.45. The first-order valence-corrected chi connectivity index (χ1v) is 28.2. The van der Waals surface area contributed by atoms with Crippen molar-refractivity contribution >= 4 is 33.4 Å². The molecule has 0 spiro atoms. The quantitative estimate of drug-likeness (QED) is 0.00749. The number of hydrogen-bond donors (Lipinski definition) is 7. The van der Waals surface area contributed by atoms with Crippen molar-refractivity contribution < 1.29 is 81.7 Å². The number of rotatable bonds is 42. The highest BCUT2D eigenvalue weighted by atomic mass is 31.2. The topological polar surface area (TPSA) is 273 Å². The van der Waals surface area contributed by atoms with Crippen molar-refractivity contribution in [2.45, 2.75) is 230 Å². The zero-order chi connectivity index (χ0) is 50.5. The highest BCUT2D eigenvalue weighted by Crippen LogP contribution is 2.49. The van der Waals surface area contributed by atoms with Crippen molar-refractivity contribution in [1.29, 1.82) is 0 Å². The Morgan fingerprint density at radius 2 is 1.00 bits per heavy atom. The van der Waals surface area contributed by atoms with Crippen molar-refractivity contribution in [2.24, 2.45) is 0 Å². The number of ether oxygens (including phenoxy) is 2. The third kappa shape index (κ3) is 33.3. The molecule has 7 N–H and O–H groups in total. The number of phosphoric ester groups is 2. The van der Waals surface area contributed by atoms with Crippen LogP contribution in [0.2, 0.25) is 0 Å². The molecule has 19 heteroatoms. The number of unbranched alkanes of at least 4 members (excludes halogenated alkanes) is 19. The van der Waals surface area contributed by atoms with Gasteiger partial charge in [0.25, 0.3) is 0 Å². The molecular formula is C49H86O17P2. The molecular weight excluding hydrogens is 922 g/mol. The Morgan fingerprint density at radius 1 is 0.515 bits per heavy atom. The average Bonchev–Trinajstić information content (AvgIpc) is 3.29. The molecule has 0 aromatic rings. The maximum atomic E-state index is 13.0. The molecule has 394 valence electrons. The predicted molar refractivity (Wildman–Crippen MR) is 260 cm³/mol. The van der Waals surface area contributed by atoms with Crippen molar-refractivity contribution in [1.82, 2.24) is 0 Å². The van der Waals surface area contributed by atoms with Crippen LogP contribution in [0.4, 0.5) is 0 Å². The summed E-state index contributed by atoms with van der Waals surface area (Å²) in [6, 6.07) is 0. The molecule has 0 amide bonds. The number of aliphatic hydroxyl groups is 4. The first kappa shape index (κ1) is 63.6. The van der Waals surface area contributed by atoms with E-state index < -0.39 is 83.5 Å². The van der Waals surface area contributed by atoms with E-state index >= 15 is 0 Å². The zero-order valence-corrected chi connectivity index (χ0v) is 42.6. The molecule has 0 aromatic heterocycles. The molecule has 0 aromatic carbocycles. The maximum Gasteiger partial charge on any atom is 0.472 e. The van der Waals surface area contributed by atoms with Gasteiger partial charge in [0, 0.05) is 19.3 Å². The van der Waals surface area contributed by atoms with Crippen LogP contribution < -0.4 is 0 Å². The second-order valence-electron chi connectivity index (χ2n) is 17.6. The molecule has 1 aliphatic carbocycles. The number of aliphatic hydroxyl groups excluding tert-OH is 4. The highest BCUT2D eigenvalue weighted by Gasteiger charge is 2.54. The van der Waals surface area contributed by atoms with E-state index in [0.717, 1.165) is 38.5 Å². The minimum atomic E-state index is -5.39. The van der Waals surface area contributed by atoms with E-state index in [2.05, 4.69) is 36.6 Å². The molecule has 17 nitrogen and oxygen atoms in total. The molecule has 1 aliphatic rings. The lowest BCUT2D eigenvalue weighted by Crippen LogP contribution is -2.64. The van der Waals surface area contributed by atoms with Crippen LogP contribution in [0.5, 0.6) is 0 Å². The van der Waals surface area contributed by atoms with Gasteiger partial charge >= 0.3 is 27.6 Å². The lowest BCUT2D eigenvalue weighted by atomic mass is 9.85. The number of esters is 2. The van der Waals surface area contributed by atoms with Crippen LogP contribution in [-0.2, 0) is 46.6 Å². The fraction of sp³-hybridized carbons (Fsp3) is 0.776. The summed E-state index contributed by atoms with van der Waals surface area (Å²) in [6.07, 6.45) is 26.3. The molecule has 1 saturated carbocycles. The van der Waals surface area contributed by atoms with Crippen LogP contribution in [0.25, 0.3) is 0 Å². The van der Waals surface area contributed by atoms with Crippen molar-refractivity contribution in [3.63, 3.8) is 0 Å². The Morgan fingerprint density at radius 3 is 1.56 bits per heavy atom. The van der Waals surface area contributed by atoms with E-state index in [-0.39, 0.29) is 31.5 Å². The van der Waals surface area contributed by atoms with E-state index in [4.69, 9.17) is 18.5 Å². The van der Waals surface area contributed by atoms with Crippen molar-refractivity contribution in [3.8, 4) is 0 Å². The average molecular weight is 1010 g/mol. The minimum Gasteiger partial charge on any atom is -0.462 e. The summed E-state index contributed by atoms with van der Waals surface area (Å²) in [5.74, 6) is -1.69. The van der Waals surface area contributed by atoms with Crippen LogP contribution in [0.3, 0.4) is 0 Å². The normalized spacial score (nSPS) is 21.5. The summed E-state index contributed by atoms with van der Waals surface area (Å²) in [6.45, 7) is 2.90. The Hall–Kier alpha value is -2.37. The molecule has 0 aliphatic heterocycles. The van der Waals surface area contributed by atoms with Crippen LogP contribution >= 0.6 is 15.6 Å². The number of allylic oxidation sites excluding steroid dienone is 8. The van der Waals surface area contributed by atoms with Crippen LogP contribution in [0, 0.1) is 0 Å². The van der Waals surface area contributed by atoms with E-state index in [1.165, 1.54) is 102 Å². The molecule has 0 heterocycles. The summed E-state index contributed by atoms with van der Waals surface area (Å²) < 4.78 is 49.2. The van der Waals surface area contributed by atoms with Gasteiger partial charge < -0.3 is 44.6 Å². The lowest BCUT2D eigenvalue weighted by Gasteiger charge is -2.43. The Balaban J connectivity index is 2.64. The summed E-state index contributed by atoms with van der Waals surface area (Å²) in [5.41, 5.74) is 0. The Labute approximate surface area is 405 Å². The van der Waals surface area contributed by atoms with Gasteiger partial charge in [-0.05, 0) is 44.6 Å². The molecule has 0 radical (unpaired) electrons. The Kier molecular flexibility index (Phi) is 36.8. The minimum absolute atomic E-state index is 0.0123. The lowest BCUT2D eigenvalue weighted by molar-refractivity contribution is -0.216. The molecule has 5 unspecified atom stereocenters. The molecule has 1 rings (SSSR count). The standard InChI is InChI=1S/C49H86O17P2/c1-3-5-7-9-11-13-15-17-18-19-20-22-24-26-28-30-32-36-42(51)62-38-41(39-63-68(60,61)66-49-46(55)44(53)45(54)48(47(49)56)65-67(57,58)59)64-43(52)37-33-35-40(50)34-31-29-27-25-23-21-16-14-12-10-8-6-4-2/h12,14,21,23,27,29,31,34,41,44-49,53-56H,3-11,13,15-20,22,24-26,28,30,32-33,35-39H2,1-2H3,(H,60,61)(H2,57,58,59)/b14-12-,23-21-,29-27-,34-31+/t41-,44?,45?,46?,47?,48-,49+/m1/s1. The molecule has 8 atom stereocenters. The second-order valence-corrected chi connectivity index (χ2v) is 20.2. The van der Waals surface area contributed by atoms with Gasteiger partial charge in [0.1, 0.15) is 43.2 Å². The smallest absolute Gasteiger partial charge is 0.462 e. The van der Waals surface area contributed by atoms with E-state index in [1.54, 1.807) is 12.2 Å². The highest BCUT2D eigenvalue weighted by molar-refractivity contribution is 7.47. The van der Waals surface area contributed by atoms with Gasteiger partial charge in [-0.3, -0.25) is 28.0 Å². The molecule has 0 saturated heterocycles. The van der Waals surface area contributed by atoms with Gasteiger partial charge in [0.15, 0.2) is 11.9 Å². The molecule has 68 heavy (non-hydrogen) atoms. The summed E-state index contributed by atoms with van der Waals surface area (Å²) in [7, 11) is -10.8. The van der Waals surface area contributed by atoms with Gasteiger partial charge in [-0.1, -0.05) is 172 Å². The van der Waals surface area contributed by atoms with Gasteiger partial charge in [-0.2, -0.15) is 0 Å². The number of hydrogen-bond acceptors (Lipinski definition) is 14. The third-order valence-corrected chi connectivity index (χ3v) is 12.9. The first-order chi connectivity index (χ1) is 32.5.